The van der Waals surface area contributed by atoms with E-state index >= 15 is 0 Å². The molecule has 2 aromatic rings. The minimum atomic E-state index is -0.793. The lowest BCUT2D eigenvalue weighted by molar-refractivity contribution is -0.137. The number of ether oxygens (including phenoxy) is 2. The number of rotatable bonds is 11. The smallest absolute Gasteiger partial charge is 0.303 e. The van der Waals surface area contributed by atoms with Gasteiger partial charge in [0.05, 0.1) is 36.5 Å². The van der Waals surface area contributed by atoms with Crippen molar-refractivity contribution in [2.24, 2.45) is 0 Å². The normalized spacial score (nSPS) is 10.9. The lowest BCUT2D eigenvalue weighted by Gasteiger charge is -2.11. The van der Waals surface area contributed by atoms with Crippen LogP contribution in [0, 0.1) is 20.8 Å². The van der Waals surface area contributed by atoms with E-state index in [4.69, 9.17) is 14.6 Å². The van der Waals surface area contributed by atoms with Crippen molar-refractivity contribution in [1.29, 1.82) is 0 Å². The molecule has 0 amide bonds. The van der Waals surface area contributed by atoms with E-state index in [2.05, 4.69) is 9.97 Å². The number of hydrogen-bond acceptors (Lipinski definition) is 6. The molecule has 1 N–H and O–H groups in total. The predicted octanol–water partition coefficient (Wildman–Crippen LogP) is 4.33. The molecule has 0 atom stereocenters. The minimum absolute atomic E-state index is 0.157. The first-order valence-corrected chi connectivity index (χ1v) is 9.88. The summed E-state index contributed by atoms with van der Waals surface area (Å²) in [6.07, 6.45) is 5.39. The summed E-state index contributed by atoms with van der Waals surface area (Å²) in [5.74, 6) is 0.0521. The average Bonchev–Trinajstić information content (AvgIpc) is 2.71. The van der Waals surface area contributed by atoms with E-state index in [1.165, 1.54) is 13.2 Å². The molecule has 2 rings (SSSR count). The van der Waals surface area contributed by atoms with Gasteiger partial charge in [-0.25, -0.2) is 4.98 Å². The largest absolute Gasteiger partial charge is 0.493 e. The van der Waals surface area contributed by atoms with Crippen molar-refractivity contribution < 1.29 is 24.2 Å². The zero-order valence-electron chi connectivity index (χ0n) is 17.9. The number of hydrogen-bond donors (Lipinski definition) is 1. The third kappa shape index (κ3) is 6.69. The molecule has 30 heavy (non-hydrogen) atoms. The van der Waals surface area contributed by atoms with Gasteiger partial charge in [-0.3, -0.25) is 14.6 Å². The van der Waals surface area contributed by atoms with Crippen molar-refractivity contribution >= 4 is 17.8 Å². The maximum absolute atomic E-state index is 12.6. The molecular formula is C23H28N2O5. The molecule has 160 valence electrons. The quantitative estimate of drug-likeness (QED) is 0.333. The summed E-state index contributed by atoms with van der Waals surface area (Å²) in [5, 5.41) is 8.66. The first kappa shape index (κ1) is 23.1. The topological polar surface area (TPSA) is 98.6 Å². The highest BCUT2D eigenvalue weighted by atomic mass is 16.5. The number of ketones is 1. The molecule has 0 unspecified atom stereocenters. The second kappa shape index (κ2) is 11.1. The van der Waals surface area contributed by atoms with Gasteiger partial charge in [0, 0.05) is 12.0 Å². The molecule has 1 aromatic carbocycles. The van der Waals surface area contributed by atoms with Crippen LogP contribution in [0.25, 0.3) is 6.08 Å². The number of carboxylic acid groups (broad SMARTS) is 1. The number of nitrogens with zero attached hydrogens (tertiary/aromatic N) is 2. The van der Waals surface area contributed by atoms with Gasteiger partial charge in [-0.2, -0.15) is 0 Å². The third-order valence-corrected chi connectivity index (χ3v) is 4.65. The first-order chi connectivity index (χ1) is 14.3. The maximum Gasteiger partial charge on any atom is 0.303 e. The molecule has 0 saturated carbocycles. The number of carbonyl (C=O) groups is 2. The highest BCUT2D eigenvalue weighted by Gasteiger charge is 2.10. The van der Waals surface area contributed by atoms with Gasteiger partial charge in [-0.1, -0.05) is 0 Å². The fourth-order valence-corrected chi connectivity index (χ4v) is 2.82. The lowest BCUT2D eigenvalue weighted by atomic mass is 10.1. The van der Waals surface area contributed by atoms with Crippen LogP contribution in [0.3, 0.4) is 0 Å². The predicted molar refractivity (Wildman–Crippen MR) is 114 cm³/mol. The van der Waals surface area contributed by atoms with Crippen LogP contribution in [0.4, 0.5) is 0 Å². The number of carboxylic acids is 1. The van der Waals surface area contributed by atoms with Crippen LogP contribution in [-0.2, 0) is 4.79 Å². The molecule has 7 heteroatoms. The van der Waals surface area contributed by atoms with E-state index in [-0.39, 0.29) is 12.2 Å². The minimum Gasteiger partial charge on any atom is -0.493 e. The number of unbranched alkanes of at least 4 members (excludes halogenated alkanes) is 2. The molecule has 7 nitrogen and oxygen atoms in total. The van der Waals surface area contributed by atoms with Crippen LogP contribution >= 0.6 is 0 Å². The molecule has 0 aliphatic carbocycles. The number of aliphatic carboxylic acids is 1. The van der Waals surface area contributed by atoms with Gasteiger partial charge < -0.3 is 14.6 Å². The maximum atomic E-state index is 12.6. The van der Waals surface area contributed by atoms with Crippen LogP contribution < -0.4 is 9.47 Å². The Morgan fingerprint density at radius 1 is 1.00 bits per heavy atom. The Labute approximate surface area is 176 Å². The van der Waals surface area contributed by atoms with Gasteiger partial charge in [0.25, 0.3) is 0 Å². The van der Waals surface area contributed by atoms with Crippen LogP contribution in [-0.4, -0.2) is 40.5 Å². The van der Waals surface area contributed by atoms with Gasteiger partial charge in [-0.15, -0.1) is 0 Å². The number of allylic oxidation sites excluding steroid dienone is 1. The van der Waals surface area contributed by atoms with Crippen molar-refractivity contribution in [2.45, 2.75) is 46.5 Å². The fraction of sp³-hybridized carbons (Fsp3) is 0.391. The molecule has 0 aliphatic rings. The van der Waals surface area contributed by atoms with Crippen LogP contribution in [0.2, 0.25) is 0 Å². The molecule has 0 aliphatic heterocycles. The van der Waals surface area contributed by atoms with Crippen LogP contribution in [0.1, 0.15) is 58.8 Å². The second-order valence-electron chi connectivity index (χ2n) is 6.98. The molecule has 1 aromatic heterocycles. The van der Waals surface area contributed by atoms with E-state index in [1.54, 1.807) is 24.3 Å². The first-order valence-electron chi connectivity index (χ1n) is 9.88. The monoisotopic (exact) mass is 412 g/mol. The van der Waals surface area contributed by atoms with Crippen molar-refractivity contribution in [1.82, 2.24) is 9.97 Å². The summed E-state index contributed by atoms with van der Waals surface area (Å²) < 4.78 is 11.1. The van der Waals surface area contributed by atoms with E-state index in [9.17, 15) is 9.59 Å². The Kier molecular flexibility index (Phi) is 8.53. The standard InChI is InChI=1S/C23H28N2O5/c1-15-16(2)25-19(17(3)24-15)10-11-20(26)18-9-12-21(29-4)22(14-18)30-13-7-5-6-8-23(27)28/h9-12,14H,5-8,13H2,1-4H3,(H,27,28)/b11-10+. The number of carbonyl (C=O) groups excluding carboxylic acids is 1. The van der Waals surface area contributed by atoms with Gasteiger partial charge in [0.15, 0.2) is 17.3 Å². The number of aromatic nitrogens is 2. The van der Waals surface area contributed by atoms with Crippen LogP contribution in [0.15, 0.2) is 24.3 Å². The molecule has 1 heterocycles. The summed E-state index contributed by atoms with van der Waals surface area (Å²) in [4.78, 5) is 32.1. The van der Waals surface area contributed by atoms with Gasteiger partial charge >= 0.3 is 5.97 Å². The Morgan fingerprint density at radius 2 is 1.73 bits per heavy atom. The zero-order chi connectivity index (χ0) is 22.1. The number of methoxy groups -OCH3 is 1. The van der Waals surface area contributed by atoms with Gasteiger partial charge in [-0.05, 0) is 70.4 Å². The highest BCUT2D eigenvalue weighted by Crippen LogP contribution is 2.28. The summed E-state index contributed by atoms with van der Waals surface area (Å²) >= 11 is 0. The van der Waals surface area contributed by atoms with E-state index < -0.39 is 5.97 Å². The molecule has 0 radical (unpaired) electrons. The zero-order valence-corrected chi connectivity index (χ0v) is 17.9. The van der Waals surface area contributed by atoms with E-state index in [0.29, 0.717) is 35.8 Å². The summed E-state index contributed by atoms with van der Waals surface area (Å²) in [7, 11) is 1.54. The molecule has 0 fully saturated rings. The van der Waals surface area contributed by atoms with Crippen molar-refractivity contribution in [2.75, 3.05) is 13.7 Å². The molecule has 0 spiro atoms. The summed E-state index contributed by atoms with van der Waals surface area (Å²) in [5.41, 5.74) is 3.61. The number of benzene rings is 1. The van der Waals surface area contributed by atoms with Crippen LogP contribution in [0.5, 0.6) is 11.5 Å². The SMILES string of the molecule is COc1ccc(C(=O)/C=C/c2nc(C)c(C)nc2C)cc1OCCCCCC(=O)O. The molecule has 0 bridgehead atoms. The average molecular weight is 412 g/mol. The lowest BCUT2D eigenvalue weighted by Crippen LogP contribution is -2.03. The van der Waals surface area contributed by atoms with E-state index in [0.717, 1.165) is 29.9 Å². The Bertz CT molecular complexity index is 937. The van der Waals surface area contributed by atoms with Gasteiger partial charge in [0.2, 0.25) is 0 Å². The summed E-state index contributed by atoms with van der Waals surface area (Å²) in [6.45, 7) is 6.06. The van der Waals surface area contributed by atoms with Crippen molar-refractivity contribution in [3.05, 3.63) is 52.6 Å². The third-order valence-electron chi connectivity index (χ3n) is 4.65. The second-order valence-corrected chi connectivity index (χ2v) is 6.98. The van der Waals surface area contributed by atoms with Crippen molar-refractivity contribution in [3.63, 3.8) is 0 Å². The summed E-state index contributed by atoms with van der Waals surface area (Å²) in [6, 6.07) is 5.04. The van der Waals surface area contributed by atoms with Crippen molar-refractivity contribution in [3.8, 4) is 11.5 Å². The van der Waals surface area contributed by atoms with E-state index in [1.807, 2.05) is 20.8 Å². The fourth-order valence-electron chi connectivity index (χ4n) is 2.82. The van der Waals surface area contributed by atoms with Gasteiger partial charge in [0.1, 0.15) is 0 Å². The highest BCUT2D eigenvalue weighted by molar-refractivity contribution is 6.07. The Morgan fingerprint density at radius 3 is 2.43 bits per heavy atom. The Hall–Kier alpha value is -3.22. The number of aryl methyl sites for hydroxylation is 3. The molecule has 0 saturated heterocycles. The molecular weight excluding hydrogens is 384 g/mol. The Balaban J connectivity index is 2.05.